The molecule has 0 amide bonds. The zero-order chi connectivity index (χ0) is 13.1. The minimum absolute atomic E-state index is 0.117. The summed E-state index contributed by atoms with van der Waals surface area (Å²) >= 11 is 0. The molecule has 1 rings (SSSR count). The highest BCUT2D eigenvalue weighted by atomic mass is 16.4. The zero-order valence-electron chi connectivity index (χ0n) is 10.4. The summed E-state index contributed by atoms with van der Waals surface area (Å²) in [4.78, 5) is 10.8. The molecular formula is C13H19NO3. The van der Waals surface area contributed by atoms with Crippen molar-refractivity contribution in [1.29, 1.82) is 0 Å². The van der Waals surface area contributed by atoms with E-state index in [2.05, 4.69) is 5.32 Å². The van der Waals surface area contributed by atoms with E-state index in [-0.39, 0.29) is 17.7 Å². The maximum atomic E-state index is 10.8. The Bertz CT molecular complexity index is 413. The van der Waals surface area contributed by atoms with Gasteiger partial charge in [0.2, 0.25) is 0 Å². The number of nitrogens with one attached hydrogen (secondary N) is 1. The van der Waals surface area contributed by atoms with E-state index in [0.29, 0.717) is 6.42 Å². The summed E-state index contributed by atoms with van der Waals surface area (Å²) in [7, 11) is 0. The van der Waals surface area contributed by atoms with Crippen molar-refractivity contribution in [1.82, 2.24) is 0 Å². The van der Waals surface area contributed by atoms with Gasteiger partial charge in [0.05, 0.1) is 5.56 Å². The molecule has 0 aromatic heterocycles. The number of hydrogen-bond donors (Lipinski definition) is 3. The molecule has 0 radical (unpaired) electrons. The Balaban J connectivity index is 2.90. The second kappa shape index (κ2) is 5.19. The van der Waals surface area contributed by atoms with Crippen molar-refractivity contribution in [2.45, 2.75) is 32.7 Å². The molecule has 94 valence electrons. The molecule has 1 aromatic carbocycles. The van der Waals surface area contributed by atoms with Gasteiger partial charge in [0.15, 0.2) is 0 Å². The van der Waals surface area contributed by atoms with Crippen LogP contribution in [-0.2, 0) is 0 Å². The van der Waals surface area contributed by atoms with E-state index in [0.717, 1.165) is 11.3 Å². The molecule has 17 heavy (non-hydrogen) atoms. The number of carboxylic acid groups (broad SMARTS) is 1. The molecule has 0 aliphatic rings. The van der Waals surface area contributed by atoms with E-state index < -0.39 is 5.97 Å². The number of aromatic carboxylic acids is 1. The fraction of sp³-hybridized carbons (Fsp3) is 0.462. The van der Waals surface area contributed by atoms with Crippen LogP contribution >= 0.6 is 0 Å². The highest BCUT2D eigenvalue weighted by Gasteiger charge is 2.17. The SMILES string of the molecule is Cc1cc(C(=O)O)ccc1NC(C)(C)CCO. The first-order valence-corrected chi connectivity index (χ1v) is 5.59. The molecule has 3 N–H and O–H groups in total. The van der Waals surface area contributed by atoms with Gasteiger partial charge in [-0.2, -0.15) is 0 Å². The van der Waals surface area contributed by atoms with Gasteiger partial charge in [-0.15, -0.1) is 0 Å². The topological polar surface area (TPSA) is 69.6 Å². The van der Waals surface area contributed by atoms with E-state index in [1.807, 2.05) is 20.8 Å². The van der Waals surface area contributed by atoms with E-state index in [9.17, 15) is 4.79 Å². The summed E-state index contributed by atoms with van der Waals surface area (Å²) in [5.74, 6) is -0.922. The molecule has 0 spiro atoms. The predicted molar refractivity (Wildman–Crippen MR) is 67.5 cm³/mol. The molecule has 1 aromatic rings. The Kier molecular flexibility index (Phi) is 4.12. The third-order valence-electron chi connectivity index (χ3n) is 2.68. The highest BCUT2D eigenvalue weighted by molar-refractivity contribution is 5.88. The van der Waals surface area contributed by atoms with Crippen LogP contribution < -0.4 is 5.32 Å². The number of hydrogen-bond acceptors (Lipinski definition) is 3. The number of benzene rings is 1. The van der Waals surface area contributed by atoms with Crippen LogP contribution in [0.15, 0.2) is 18.2 Å². The van der Waals surface area contributed by atoms with Crippen LogP contribution in [0.5, 0.6) is 0 Å². The molecular weight excluding hydrogens is 218 g/mol. The molecule has 0 atom stereocenters. The number of carbonyl (C=O) groups is 1. The third kappa shape index (κ3) is 3.75. The first kappa shape index (κ1) is 13.5. The number of rotatable bonds is 5. The van der Waals surface area contributed by atoms with Crippen molar-refractivity contribution >= 4 is 11.7 Å². The second-order valence-electron chi connectivity index (χ2n) is 4.82. The maximum absolute atomic E-state index is 10.8. The minimum atomic E-state index is -0.922. The van der Waals surface area contributed by atoms with Gasteiger partial charge in [0.1, 0.15) is 0 Å². The smallest absolute Gasteiger partial charge is 0.335 e. The summed E-state index contributed by atoms with van der Waals surface area (Å²) in [6, 6.07) is 4.98. The van der Waals surface area contributed by atoms with Gasteiger partial charge in [-0.3, -0.25) is 0 Å². The molecule has 0 saturated carbocycles. The molecule has 0 bridgehead atoms. The van der Waals surface area contributed by atoms with E-state index in [1.54, 1.807) is 18.2 Å². The first-order chi connectivity index (χ1) is 7.85. The lowest BCUT2D eigenvalue weighted by Gasteiger charge is -2.27. The van der Waals surface area contributed by atoms with E-state index in [1.165, 1.54) is 0 Å². The Labute approximate surface area is 101 Å². The van der Waals surface area contributed by atoms with Crippen LogP contribution in [0, 0.1) is 6.92 Å². The summed E-state index contributed by atoms with van der Waals surface area (Å²) in [6.45, 7) is 5.97. The Morgan fingerprint density at radius 3 is 2.53 bits per heavy atom. The predicted octanol–water partition coefficient (Wildman–Crippen LogP) is 2.27. The molecule has 0 aliphatic heterocycles. The van der Waals surface area contributed by atoms with Crippen molar-refractivity contribution in [3.05, 3.63) is 29.3 Å². The fourth-order valence-electron chi connectivity index (χ4n) is 1.64. The Morgan fingerprint density at radius 1 is 1.41 bits per heavy atom. The molecule has 4 heteroatoms. The molecule has 0 saturated heterocycles. The van der Waals surface area contributed by atoms with E-state index >= 15 is 0 Å². The standard InChI is InChI=1S/C13H19NO3/c1-9-8-10(12(16)17)4-5-11(9)14-13(2,3)6-7-15/h4-5,8,14-15H,6-7H2,1-3H3,(H,16,17). The van der Waals surface area contributed by atoms with Crippen LogP contribution in [0.4, 0.5) is 5.69 Å². The lowest BCUT2D eigenvalue weighted by atomic mass is 9.99. The Hall–Kier alpha value is -1.55. The summed E-state index contributed by atoms with van der Waals surface area (Å²) in [6.07, 6.45) is 0.632. The van der Waals surface area contributed by atoms with Crippen molar-refractivity contribution in [2.24, 2.45) is 0 Å². The molecule has 0 unspecified atom stereocenters. The van der Waals surface area contributed by atoms with Gasteiger partial charge in [-0.05, 0) is 51.0 Å². The van der Waals surface area contributed by atoms with Crippen molar-refractivity contribution in [3.63, 3.8) is 0 Å². The Morgan fingerprint density at radius 2 is 2.06 bits per heavy atom. The average molecular weight is 237 g/mol. The van der Waals surface area contributed by atoms with Gasteiger partial charge in [-0.1, -0.05) is 0 Å². The molecule has 0 fully saturated rings. The number of anilines is 1. The molecule has 0 heterocycles. The first-order valence-electron chi connectivity index (χ1n) is 5.59. The monoisotopic (exact) mass is 237 g/mol. The lowest BCUT2D eigenvalue weighted by Crippen LogP contribution is -2.32. The van der Waals surface area contributed by atoms with Crippen molar-refractivity contribution in [2.75, 3.05) is 11.9 Å². The van der Waals surface area contributed by atoms with Crippen LogP contribution in [-0.4, -0.2) is 28.3 Å². The van der Waals surface area contributed by atoms with Crippen LogP contribution in [0.2, 0.25) is 0 Å². The maximum Gasteiger partial charge on any atom is 0.335 e. The number of carboxylic acids is 1. The summed E-state index contributed by atoms with van der Waals surface area (Å²) < 4.78 is 0. The summed E-state index contributed by atoms with van der Waals surface area (Å²) in [5.41, 5.74) is 1.85. The highest BCUT2D eigenvalue weighted by Crippen LogP contribution is 2.22. The normalized spacial score (nSPS) is 11.3. The largest absolute Gasteiger partial charge is 0.478 e. The minimum Gasteiger partial charge on any atom is -0.478 e. The number of aryl methyl sites for hydroxylation is 1. The third-order valence-corrected chi connectivity index (χ3v) is 2.68. The van der Waals surface area contributed by atoms with Gasteiger partial charge >= 0.3 is 5.97 Å². The van der Waals surface area contributed by atoms with Crippen LogP contribution in [0.3, 0.4) is 0 Å². The quantitative estimate of drug-likeness (QED) is 0.734. The average Bonchev–Trinajstić information content (AvgIpc) is 2.20. The van der Waals surface area contributed by atoms with Crippen molar-refractivity contribution < 1.29 is 15.0 Å². The molecule has 0 aliphatic carbocycles. The van der Waals surface area contributed by atoms with Crippen molar-refractivity contribution in [3.8, 4) is 0 Å². The van der Waals surface area contributed by atoms with Gasteiger partial charge in [-0.25, -0.2) is 4.79 Å². The number of aliphatic hydroxyl groups is 1. The fourth-order valence-corrected chi connectivity index (χ4v) is 1.64. The van der Waals surface area contributed by atoms with Crippen LogP contribution in [0.1, 0.15) is 36.2 Å². The van der Waals surface area contributed by atoms with Gasteiger partial charge in [0.25, 0.3) is 0 Å². The van der Waals surface area contributed by atoms with Gasteiger partial charge < -0.3 is 15.5 Å². The lowest BCUT2D eigenvalue weighted by molar-refractivity contribution is 0.0697. The van der Waals surface area contributed by atoms with Crippen LogP contribution in [0.25, 0.3) is 0 Å². The van der Waals surface area contributed by atoms with Gasteiger partial charge in [0, 0.05) is 17.8 Å². The summed E-state index contributed by atoms with van der Waals surface area (Å²) in [5, 5.41) is 21.1. The van der Waals surface area contributed by atoms with E-state index in [4.69, 9.17) is 10.2 Å². The number of aliphatic hydroxyl groups excluding tert-OH is 1. The second-order valence-corrected chi connectivity index (χ2v) is 4.82. The molecule has 4 nitrogen and oxygen atoms in total. The zero-order valence-corrected chi connectivity index (χ0v) is 10.4.